The first kappa shape index (κ1) is 17.6. The van der Waals surface area contributed by atoms with Gasteiger partial charge in [-0.1, -0.05) is 18.2 Å². The number of fused-ring (bicyclic) bond motifs is 2. The zero-order valence-corrected chi connectivity index (χ0v) is 16.4. The molecule has 8 heteroatoms. The minimum Gasteiger partial charge on any atom is -0.354 e. The molecule has 0 fully saturated rings. The molecule has 7 nitrogen and oxygen atoms in total. The highest BCUT2D eigenvalue weighted by molar-refractivity contribution is 7.17. The van der Waals surface area contributed by atoms with Crippen LogP contribution in [0.4, 0.5) is 17.5 Å². The van der Waals surface area contributed by atoms with E-state index in [-0.39, 0.29) is 0 Å². The normalized spacial score (nSPS) is 13.6. The summed E-state index contributed by atoms with van der Waals surface area (Å²) in [7, 11) is 0. The van der Waals surface area contributed by atoms with Gasteiger partial charge in [-0.2, -0.15) is 10.1 Å². The number of hydrogen-bond acceptors (Lipinski definition) is 7. The van der Waals surface area contributed by atoms with Crippen molar-refractivity contribution in [1.29, 1.82) is 0 Å². The average molecular weight is 401 g/mol. The third kappa shape index (κ3) is 3.88. The number of nitrogens with zero attached hydrogens (tertiary/aromatic N) is 4. The molecule has 5 rings (SSSR count). The van der Waals surface area contributed by atoms with E-state index in [2.05, 4.69) is 36.9 Å². The van der Waals surface area contributed by atoms with Crippen molar-refractivity contribution in [2.24, 2.45) is 4.99 Å². The van der Waals surface area contributed by atoms with Gasteiger partial charge >= 0.3 is 0 Å². The van der Waals surface area contributed by atoms with E-state index in [0.29, 0.717) is 5.95 Å². The fraction of sp³-hybridized carbons (Fsp3) is 0.143. The van der Waals surface area contributed by atoms with E-state index < -0.39 is 0 Å². The van der Waals surface area contributed by atoms with Crippen LogP contribution in [0.25, 0.3) is 21.1 Å². The Labute approximate surface area is 171 Å². The van der Waals surface area contributed by atoms with Crippen LogP contribution in [0.3, 0.4) is 0 Å². The second-order valence-corrected chi connectivity index (χ2v) is 7.54. The number of anilines is 3. The smallest absolute Gasteiger partial charge is 0.225 e. The van der Waals surface area contributed by atoms with Gasteiger partial charge in [-0.05, 0) is 35.7 Å². The predicted octanol–water partition coefficient (Wildman–Crippen LogP) is 4.68. The van der Waals surface area contributed by atoms with E-state index in [1.807, 2.05) is 54.1 Å². The third-order valence-electron chi connectivity index (χ3n) is 4.61. The van der Waals surface area contributed by atoms with Crippen molar-refractivity contribution in [3.05, 3.63) is 60.1 Å². The molecule has 0 saturated heterocycles. The van der Waals surface area contributed by atoms with E-state index in [9.17, 15) is 0 Å². The molecule has 0 amide bonds. The Morgan fingerprint density at radius 2 is 2.14 bits per heavy atom. The minimum atomic E-state index is 0.610. The first-order valence-electron chi connectivity index (χ1n) is 9.41. The fourth-order valence-electron chi connectivity index (χ4n) is 3.18. The molecule has 29 heavy (non-hydrogen) atoms. The van der Waals surface area contributed by atoms with Gasteiger partial charge in [0.25, 0.3) is 0 Å². The van der Waals surface area contributed by atoms with Crippen LogP contribution in [0.1, 0.15) is 6.42 Å². The zero-order valence-electron chi connectivity index (χ0n) is 15.6. The number of benzene rings is 1. The summed E-state index contributed by atoms with van der Waals surface area (Å²) >= 11 is 1.63. The Bertz CT molecular complexity index is 1250. The Morgan fingerprint density at radius 3 is 3.14 bits per heavy atom. The molecule has 144 valence electrons. The number of allylic oxidation sites excluding steroid dienone is 3. The Hall–Kier alpha value is -3.52. The molecule has 3 N–H and O–H groups in total. The molecular weight excluding hydrogens is 382 g/mol. The minimum absolute atomic E-state index is 0.610. The molecular formula is C21H19N7S. The molecule has 1 aliphatic rings. The maximum atomic E-state index is 4.72. The van der Waals surface area contributed by atoms with Crippen molar-refractivity contribution >= 4 is 55.6 Å². The molecule has 3 aromatic heterocycles. The molecule has 0 saturated carbocycles. The molecule has 4 aromatic rings. The van der Waals surface area contributed by atoms with Gasteiger partial charge in [-0.25, -0.2) is 4.98 Å². The van der Waals surface area contributed by atoms with Gasteiger partial charge in [0.1, 0.15) is 0 Å². The number of aromatic amines is 1. The summed E-state index contributed by atoms with van der Waals surface area (Å²) in [4.78, 5) is 13.9. The van der Waals surface area contributed by atoms with Crippen molar-refractivity contribution in [2.45, 2.75) is 6.42 Å². The lowest BCUT2D eigenvalue weighted by Crippen LogP contribution is -2.10. The number of hydrogen-bond donors (Lipinski definition) is 3. The maximum absolute atomic E-state index is 4.72. The number of aliphatic imine (C=N–C) groups is 1. The molecule has 0 unspecified atom stereocenters. The first-order chi connectivity index (χ1) is 14.3. The Kier molecular flexibility index (Phi) is 4.75. The molecule has 0 aliphatic carbocycles. The average Bonchev–Trinajstić information content (AvgIpc) is 3.32. The molecule has 4 heterocycles. The van der Waals surface area contributed by atoms with Crippen molar-refractivity contribution in [1.82, 2.24) is 20.2 Å². The van der Waals surface area contributed by atoms with Gasteiger partial charge in [-0.15, -0.1) is 11.3 Å². The third-order valence-corrected chi connectivity index (χ3v) is 5.52. The van der Waals surface area contributed by atoms with Crippen LogP contribution >= 0.6 is 11.3 Å². The van der Waals surface area contributed by atoms with Crippen LogP contribution in [0.15, 0.2) is 65.1 Å². The van der Waals surface area contributed by atoms with Crippen LogP contribution in [-0.4, -0.2) is 39.0 Å². The van der Waals surface area contributed by atoms with Crippen LogP contribution in [-0.2, 0) is 0 Å². The highest BCUT2D eigenvalue weighted by atomic mass is 32.1. The lowest BCUT2D eigenvalue weighted by Gasteiger charge is -2.10. The quantitative estimate of drug-likeness (QED) is 0.436. The standard InChI is InChI=1S/C21H19N7S/c1-2-4-15(22-9-3-1)7-10-23-21-26-18-8-11-29-19(18)20(27-21)25-16-5-6-17-14(12-16)13-24-28-17/h1-6,8,11-13H,7,9-10H2,(H,24,28)(H2,23,25,26,27). The molecule has 0 atom stereocenters. The summed E-state index contributed by atoms with van der Waals surface area (Å²) in [5, 5.41) is 16.9. The SMILES string of the molecule is C1=CCN=C(CCNc2nc(Nc3ccc4[nH]ncc4c3)c3sccc3n2)C=C1. The largest absolute Gasteiger partial charge is 0.354 e. The van der Waals surface area contributed by atoms with Crippen LogP contribution in [0.2, 0.25) is 0 Å². The topological polar surface area (TPSA) is 90.9 Å². The summed E-state index contributed by atoms with van der Waals surface area (Å²) in [6, 6.07) is 8.09. The Morgan fingerprint density at radius 1 is 1.14 bits per heavy atom. The highest BCUT2D eigenvalue weighted by Crippen LogP contribution is 2.30. The number of aromatic nitrogens is 4. The number of rotatable bonds is 6. The van der Waals surface area contributed by atoms with E-state index in [4.69, 9.17) is 4.98 Å². The zero-order chi connectivity index (χ0) is 19.5. The molecule has 1 aliphatic heterocycles. The Balaban J connectivity index is 1.35. The second kappa shape index (κ2) is 7.84. The van der Waals surface area contributed by atoms with E-state index in [1.54, 1.807) is 11.3 Å². The molecule has 1 aromatic carbocycles. The van der Waals surface area contributed by atoms with E-state index in [1.165, 1.54) is 0 Å². The molecule has 0 spiro atoms. The fourth-order valence-corrected chi connectivity index (χ4v) is 3.95. The van der Waals surface area contributed by atoms with Gasteiger partial charge in [-0.3, -0.25) is 10.1 Å². The molecule has 0 bridgehead atoms. The van der Waals surface area contributed by atoms with Gasteiger partial charge in [0, 0.05) is 29.8 Å². The number of H-pyrrole nitrogens is 1. The van der Waals surface area contributed by atoms with Gasteiger partial charge in [0.15, 0.2) is 5.82 Å². The summed E-state index contributed by atoms with van der Waals surface area (Å²) in [6.07, 6.45) is 10.8. The highest BCUT2D eigenvalue weighted by Gasteiger charge is 2.10. The van der Waals surface area contributed by atoms with Gasteiger partial charge in [0.2, 0.25) is 5.95 Å². The van der Waals surface area contributed by atoms with Gasteiger partial charge in [0.05, 0.1) is 28.5 Å². The van der Waals surface area contributed by atoms with Crippen LogP contribution < -0.4 is 10.6 Å². The van der Waals surface area contributed by atoms with Crippen LogP contribution in [0, 0.1) is 0 Å². The number of nitrogens with one attached hydrogen (secondary N) is 3. The van der Waals surface area contributed by atoms with Crippen molar-refractivity contribution in [3.63, 3.8) is 0 Å². The van der Waals surface area contributed by atoms with Crippen LogP contribution in [0.5, 0.6) is 0 Å². The number of thiophene rings is 1. The lowest BCUT2D eigenvalue weighted by atomic mass is 10.2. The lowest BCUT2D eigenvalue weighted by molar-refractivity contribution is 1.05. The summed E-state index contributed by atoms with van der Waals surface area (Å²) in [6.45, 7) is 1.45. The first-order valence-corrected chi connectivity index (χ1v) is 10.3. The molecule has 0 radical (unpaired) electrons. The summed E-state index contributed by atoms with van der Waals surface area (Å²) < 4.78 is 1.03. The predicted molar refractivity (Wildman–Crippen MR) is 120 cm³/mol. The van der Waals surface area contributed by atoms with Crippen molar-refractivity contribution in [2.75, 3.05) is 23.7 Å². The van der Waals surface area contributed by atoms with Gasteiger partial charge < -0.3 is 10.6 Å². The van der Waals surface area contributed by atoms with Crippen molar-refractivity contribution in [3.8, 4) is 0 Å². The monoisotopic (exact) mass is 401 g/mol. The maximum Gasteiger partial charge on any atom is 0.225 e. The summed E-state index contributed by atoms with van der Waals surface area (Å²) in [5.74, 6) is 1.41. The summed E-state index contributed by atoms with van der Waals surface area (Å²) in [5.41, 5.74) is 3.97. The van der Waals surface area contributed by atoms with E-state index in [0.717, 1.165) is 57.8 Å². The van der Waals surface area contributed by atoms with Crippen molar-refractivity contribution < 1.29 is 0 Å². The second-order valence-electron chi connectivity index (χ2n) is 6.62. The van der Waals surface area contributed by atoms with E-state index >= 15 is 0 Å².